The number of hydrogen-bond acceptors (Lipinski definition) is 6. The lowest BCUT2D eigenvalue weighted by molar-refractivity contribution is -0.150. The summed E-state index contributed by atoms with van der Waals surface area (Å²) in [6.07, 6.45) is 2.42. The maximum atomic E-state index is 13.2. The van der Waals surface area contributed by atoms with Gasteiger partial charge in [-0.3, -0.25) is 9.78 Å². The average molecular weight is 397 g/mol. The van der Waals surface area contributed by atoms with E-state index in [0.29, 0.717) is 17.8 Å². The van der Waals surface area contributed by atoms with Crippen molar-refractivity contribution in [1.82, 2.24) is 10.3 Å². The summed E-state index contributed by atoms with van der Waals surface area (Å²) >= 11 is 0. The molecule has 2 aromatic rings. The molecule has 0 bridgehead atoms. The smallest absolute Gasteiger partial charge is 0.426 e. The fraction of sp³-hybridized carbons (Fsp3) is 0.476. The highest BCUT2D eigenvalue weighted by Crippen LogP contribution is 2.35. The molecule has 0 unspecified atom stereocenters. The highest BCUT2D eigenvalue weighted by Gasteiger charge is 2.51. The van der Waals surface area contributed by atoms with Gasteiger partial charge in [0, 0.05) is 23.9 Å². The lowest BCUT2D eigenvalue weighted by Crippen LogP contribution is -2.57. The molecule has 8 heteroatoms. The van der Waals surface area contributed by atoms with Crippen molar-refractivity contribution in [3.63, 3.8) is 0 Å². The van der Waals surface area contributed by atoms with Gasteiger partial charge in [-0.15, -0.1) is 0 Å². The van der Waals surface area contributed by atoms with Crippen molar-refractivity contribution in [2.45, 2.75) is 52.1 Å². The van der Waals surface area contributed by atoms with Crippen LogP contribution in [0.3, 0.4) is 0 Å². The monoisotopic (exact) mass is 397 g/mol. The number of fused-ring (bicyclic) bond motifs is 1. The van der Waals surface area contributed by atoms with E-state index in [9.17, 15) is 14.8 Å². The topological polar surface area (TPSA) is 104 Å². The molecule has 0 spiro atoms. The lowest BCUT2D eigenvalue weighted by Gasteiger charge is -2.31. The van der Waals surface area contributed by atoms with Crippen LogP contribution in [0.4, 0.5) is 0 Å². The Labute approximate surface area is 171 Å². The largest absolute Gasteiger partial charge is 0.475 e. The standard InChI is InChI=1S/C21H28BN3O4/c1-13(2)11-18(22(27)28)24-20(26)21(14(3)4)12-17(25-29-21)19-16-8-6-5-7-15(16)9-10-23-19/h5-10,13-14,18,27-28H,11-12H2,1-4H3,(H,24,26)/t18-,21+/m0/s1. The Balaban J connectivity index is 1.87. The second kappa shape index (κ2) is 8.51. The predicted octanol–water partition coefficient (Wildman–Crippen LogP) is 2.30. The summed E-state index contributed by atoms with van der Waals surface area (Å²) in [4.78, 5) is 23.4. The zero-order chi connectivity index (χ0) is 21.2. The average Bonchev–Trinajstić information content (AvgIpc) is 3.13. The number of pyridine rings is 1. The van der Waals surface area contributed by atoms with Gasteiger partial charge in [-0.2, -0.15) is 0 Å². The summed E-state index contributed by atoms with van der Waals surface area (Å²) in [6, 6.07) is 9.79. The van der Waals surface area contributed by atoms with E-state index < -0.39 is 24.6 Å². The lowest BCUT2D eigenvalue weighted by atomic mass is 9.74. The molecule has 0 fully saturated rings. The Morgan fingerprint density at radius 3 is 2.62 bits per heavy atom. The number of benzene rings is 1. The van der Waals surface area contributed by atoms with E-state index in [1.54, 1.807) is 6.20 Å². The van der Waals surface area contributed by atoms with E-state index in [-0.39, 0.29) is 18.3 Å². The normalized spacial score (nSPS) is 19.9. The fourth-order valence-corrected chi connectivity index (χ4v) is 3.67. The molecule has 3 N–H and O–H groups in total. The van der Waals surface area contributed by atoms with Gasteiger partial charge >= 0.3 is 7.12 Å². The first-order valence-corrected chi connectivity index (χ1v) is 10.0. The van der Waals surface area contributed by atoms with Crippen LogP contribution in [-0.2, 0) is 9.63 Å². The molecule has 29 heavy (non-hydrogen) atoms. The quantitative estimate of drug-likeness (QED) is 0.622. The van der Waals surface area contributed by atoms with Gasteiger partial charge in [-0.25, -0.2) is 0 Å². The summed E-state index contributed by atoms with van der Waals surface area (Å²) in [5.41, 5.74) is 0.0768. The maximum Gasteiger partial charge on any atom is 0.475 e. The molecule has 7 nitrogen and oxygen atoms in total. The number of carbonyl (C=O) groups excluding carboxylic acids is 1. The van der Waals surface area contributed by atoms with E-state index in [1.165, 1.54) is 0 Å². The van der Waals surface area contributed by atoms with Crippen LogP contribution in [0.1, 0.15) is 46.2 Å². The van der Waals surface area contributed by atoms with E-state index in [2.05, 4.69) is 15.5 Å². The van der Waals surface area contributed by atoms with Gasteiger partial charge in [0.15, 0.2) is 0 Å². The van der Waals surface area contributed by atoms with Gasteiger partial charge in [0.05, 0.1) is 11.6 Å². The molecule has 1 aliphatic heterocycles. The number of nitrogens with one attached hydrogen (secondary N) is 1. The number of oxime groups is 1. The minimum atomic E-state index is -1.65. The summed E-state index contributed by atoms with van der Waals surface area (Å²) < 4.78 is 0. The van der Waals surface area contributed by atoms with E-state index in [0.717, 1.165) is 10.8 Å². The minimum absolute atomic E-state index is 0.186. The van der Waals surface area contributed by atoms with Gasteiger partial charge < -0.3 is 20.2 Å². The zero-order valence-corrected chi connectivity index (χ0v) is 17.3. The first-order chi connectivity index (χ1) is 13.7. The summed E-state index contributed by atoms with van der Waals surface area (Å²) in [5.74, 6) is -1.17. The maximum absolute atomic E-state index is 13.2. The highest BCUT2D eigenvalue weighted by atomic mass is 16.7. The van der Waals surface area contributed by atoms with Crippen LogP contribution >= 0.6 is 0 Å². The number of rotatable bonds is 7. The van der Waals surface area contributed by atoms with Crippen LogP contribution in [0, 0.1) is 11.8 Å². The van der Waals surface area contributed by atoms with Crippen molar-refractivity contribution in [3.8, 4) is 0 Å². The van der Waals surface area contributed by atoms with Crippen LogP contribution in [0.2, 0.25) is 0 Å². The van der Waals surface area contributed by atoms with Crippen molar-refractivity contribution in [2.24, 2.45) is 17.0 Å². The van der Waals surface area contributed by atoms with Gasteiger partial charge in [-0.05, 0) is 23.8 Å². The minimum Gasteiger partial charge on any atom is -0.426 e. The van der Waals surface area contributed by atoms with Crippen LogP contribution in [0.5, 0.6) is 0 Å². The molecular weight excluding hydrogens is 369 g/mol. The number of amides is 1. The van der Waals surface area contributed by atoms with Gasteiger partial charge in [-0.1, -0.05) is 57.1 Å². The molecule has 0 radical (unpaired) electrons. The molecule has 2 heterocycles. The Bertz CT molecular complexity index is 910. The van der Waals surface area contributed by atoms with Gasteiger partial charge in [0.2, 0.25) is 5.60 Å². The molecule has 1 aromatic carbocycles. The fourth-order valence-electron chi connectivity index (χ4n) is 3.67. The second-order valence-electron chi connectivity index (χ2n) is 8.35. The third-order valence-corrected chi connectivity index (χ3v) is 5.41. The van der Waals surface area contributed by atoms with Crippen molar-refractivity contribution >= 4 is 29.5 Å². The van der Waals surface area contributed by atoms with Gasteiger partial charge in [0.25, 0.3) is 5.91 Å². The third-order valence-electron chi connectivity index (χ3n) is 5.41. The van der Waals surface area contributed by atoms with Crippen LogP contribution in [-0.4, -0.2) is 45.3 Å². The SMILES string of the molecule is CC(C)C[C@H](NC(=O)[C@]1(C(C)C)CC(c2nccc3ccccc23)=NO1)B(O)O. The third kappa shape index (κ3) is 4.28. The Kier molecular flexibility index (Phi) is 6.24. The molecule has 1 aliphatic rings. The van der Waals surface area contributed by atoms with E-state index in [4.69, 9.17) is 4.84 Å². The van der Waals surface area contributed by atoms with Crippen LogP contribution in [0.25, 0.3) is 10.8 Å². The predicted molar refractivity (Wildman–Crippen MR) is 113 cm³/mol. The number of hydrogen-bond donors (Lipinski definition) is 3. The number of aromatic nitrogens is 1. The molecule has 3 rings (SSSR count). The van der Waals surface area contributed by atoms with Crippen molar-refractivity contribution < 1.29 is 19.7 Å². The molecule has 0 saturated carbocycles. The first kappa shape index (κ1) is 21.3. The van der Waals surface area contributed by atoms with E-state index >= 15 is 0 Å². The highest BCUT2D eigenvalue weighted by molar-refractivity contribution is 6.43. The first-order valence-electron chi connectivity index (χ1n) is 10.0. The molecule has 154 valence electrons. The molecular formula is C21H28BN3O4. The van der Waals surface area contributed by atoms with Crippen molar-refractivity contribution in [2.75, 3.05) is 0 Å². The Hall–Kier alpha value is -2.45. The molecule has 1 amide bonds. The zero-order valence-electron chi connectivity index (χ0n) is 17.3. The molecule has 2 atom stereocenters. The summed E-state index contributed by atoms with van der Waals surface area (Å²) in [7, 11) is -1.65. The number of carbonyl (C=O) groups is 1. The van der Waals surface area contributed by atoms with Gasteiger partial charge in [0.1, 0.15) is 5.71 Å². The van der Waals surface area contributed by atoms with Crippen LogP contribution < -0.4 is 5.32 Å². The summed E-state index contributed by atoms with van der Waals surface area (Å²) in [5, 5.41) is 28.3. The molecule has 0 aliphatic carbocycles. The Morgan fingerprint density at radius 2 is 1.97 bits per heavy atom. The molecule has 1 aromatic heterocycles. The second-order valence-corrected chi connectivity index (χ2v) is 8.35. The van der Waals surface area contributed by atoms with Crippen molar-refractivity contribution in [3.05, 3.63) is 42.2 Å². The molecule has 0 saturated heterocycles. The number of nitrogens with zero attached hydrogens (tertiary/aromatic N) is 2. The van der Waals surface area contributed by atoms with Crippen LogP contribution in [0.15, 0.2) is 41.7 Å². The summed E-state index contributed by atoms with van der Waals surface area (Å²) in [6.45, 7) is 7.70. The van der Waals surface area contributed by atoms with Crippen molar-refractivity contribution in [1.29, 1.82) is 0 Å². The Morgan fingerprint density at radius 1 is 1.24 bits per heavy atom. The van der Waals surface area contributed by atoms with E-state index in [1.807, 2.05) is 58.0 Å².